The Balaban J connectivity index is 2.62. The quantitative estimate of drug-likeness (QED) is 0.529. The van der Waals surface area contributed by atoms with E-state index in [0.29, 0.717) is 16.8 Å². The molecule has 0 aliphatic rings. The molecule has 4 N–H and O–H groups in total. The van der Waals surface area contributed by atoms with Crippen LogP contribution in [0, 0.1) is 0 Å². The highest BCUT2D eigenvalue weighted by molar-refractivity contribution is 6.32. The van der Waals surface area contributed by atoms with E-state index in [4.69, 9.17) is 21.8 Å². The molecule has 0 amide bonds. The van der Waals surface area contributed by atoms with Gasteiger partial charge in [0.1, 0.15) is 5.02 Å². The standard InChI is InChI=1S/C14H25ClN4O2/c1-10(5-3-7-20)17-13-12(15)9-16-14(19-13)18-11(2)6-4-8-21/h9-11,20-21H,3-8H2,1-2H3,(H2,16,17,18,19). The van der Waals surface area contributed by atoms with Crippen molar-refractivity contribution >= 4 is 23.4 Å². The minimum absolute atomic E-state index is 0.171. The van der Waals surface area contributed by atoms with Crippen molar-refractivity contribution in [2.45, 2.75) is 51.6 Å². The van der Waals surface area contributed by atoms with Crippen molar-refractivity contribution in [3.8, 4) is 0 Å². The van der Waals surface area contributed by atoms with Crippen molar-refractivity contribution in [1.82, 2.24) is 9.97 Å². The number of aromatic nitrogens is 2. The molecule has 21 heavy (non-hydrogen) atoms. The van der Waals surface area contributed by atoms with Gasteiger partial charge in [0.25, 0.3) is 0 Å². The predicted molar refractivity (Wildman–Crippen MR) is 85.9 cm³/mol. The Morgan fingerprint density at radius 2 is 1.67 bits per heavy atom. The molecule has 0 saturated carbocycles. The van der Waals surface area contributed by atoms with Crippen LogP contribution in [-0.4, -0.2) is 45.5 Å². The summed E-state index contributed by atoms with van der Waals surface area (Å²) < 4.78 is 0. The van der Waals surface area contributed by atoms with Crippen molar-refractivity contribution in [1.29, 1.82) is 0 Å². The number of halogens is 1. The molecule has 0 fully saturated rings. The van der Waals surface area contributed by atoms with E-state index in [1.165, 1.54) is 0 Å². The summed E-state index contributed by atoms with van der Waals surface area (Å²) in [5, 5.41) is 24.6. The smallest absolute Gasteiger partial charge is 0.224 e. The largest absolute Gasteiger partial charge is 0.396 e. The summed E-state index contributed by atoms with van der Waals surface area (Å²) in [7, 11) is 0. The average Bonchev–Trinajstić information content (AvgIpc) is 2.46. The van der Waals surface area contributed by atoms with Gasteiger partial charge in [-0.1, -0.05) is 11.6 Å². The zero-order chi connectivity index (χ0) is 15.7. The fourth-order valence-corrected chi connectivity index (χ4v) is 2.08. The number of rotatable bonds is 10. The van der Waals surface area contributed by atoms with Crippen LogP contribution < -0.4 is 10.6 Å². The van der Waals surface area contributed by atoms with E-state index in [9.17, 15) is 0 Å². The summed E-state index contributed by atoms with van der Waals surface area (Å²) in [6.45, 7) is 4.40. The molecule has 2 unspecified atom stereocenters. The molecular formula is C14H25ClN4O2. The summed E-state index contributed by atoms with van der Waals surface area (Å²) in [5.74, 6) is 1.11. The Labute approximate surface area is 131 Å². The van der Waals surface area contributed by atoms with Crippen molar-refractivity contribution in [3.05, 3.63) is 11.2 Å². The van der Waals surface area contributed by atoms with Gasteiger partial charge in [-0.05, 0) is 39.5 Å². The van der Waals surface area contributed by atoms with Crippen molar-refractivity contribution in [3.63, 3.8) is 0 Å². The Hall–Kier alpha value is -1.11. The molecule has 1 rings (SSSR count). The van der Waals surface area contributed by atoms with Crippen LogP contribution >= 0.6 is 11.6 Å². The zero-order valence-electron chi connectivity index (χ0n) is 12.6. The lowest BCUT2D eigenvalue weighted by atomic mass is 10.2. The topological polar surface area (TPSA) is 90.3 Å². The van der Waals surface area contributed by atoms with Gasteiger partial charge in [-0.3, -0.25) is 0 Å². The number of hydrogen-bond donors (Lipinski definition) is 4. The van der Waals surface area contributed by atoms with E-state index in [1.807, 2.05) is 13.8 Å². The second kappa shape index (κ2) is 9.76. The van der Waals surface area contributed by atoms with Crippen LogP contribution in [0.25, 0.3) is 0 Å². The van der Waals surface area contributed by atoms with Crippen LogP contribution in [0.3, 0.4) is 0 Å². The van der Waals surface area contributed by atoms with E-state index in [1.54, 1.807) is 6.20 Å². The molecule has 0 bridgehead atoms. The molecule has 2 atom stereocenters. The fraction of sp³-hybridized carbons (Fsp3) is 0.714. The molecule has 0 radical (unpaired) electrons. The third-order valence-corrected chi connectivity index (χ3v) is 3.37. The number of nitrogens with one attached hydrogen (secondary N) is 2. The van der Waals surface area contributed by atoms with Crippen molar-refractivity contribution in [2.24, 2.45) is 0 Å². The second-order valence-corrected chi connectivity index (χ2v) is 5.62. The summed E-state index contributed by atoms with van der Waals surface area (Å²) in [5.41, 5.74) is 0. The molecule has 0 aromatic carbocycles. The summed E-state index contributed by atoms with van der Waals surface area (Å²) in [6, 6.07) is 0.349. The van der Waals surface area contributed by atoms with Gasteiger partial charge < -0.3 is 20.8 Å². The lowest BCUT2D eigenvalue weighted by Gasteiger charge is -2.17. The van der Waals surface area contributed by atoms with Gasteiger partial charge in [-0.2, -0.15) is 4.98 Å². The number of nitrogens with zero attached hydrogens (tertiary/aromatic N) is 2. The van der Waals surface area contributed by atoms with Crippen LogP contribution in [0.15, 0.2) is 6.20 Å². The highest BCUT2D eigenvalue weighted by Gasteiger charge is 2.10. The third kappa shape index (κ3) is 6.93. The molecule has 1 aromatic rings. The first kappa shape index (κ1) is 17.9. The maximum atomic E-state index is 8.84. The Morgan fingerprint density at radius 3 is 2.24 bits per heavy atom. The van der Waals surface area contributed by atoms with Gasteiger partial charge in [-0.15, -0.1) is 0 Å². The van der Waals surface area contributed by atoms with Crippen LogP contribution in [0.5, 0.6) is 0 Å². The van der Waals surface area contributed by atoms with Gasteiger partial charge in [0.15, 0.2) is 5.82 Å². The summed E-state index contributed by atoms with van der Waals surface area (Å²) in [4.78, 5) is 8.54. The lowest BCUT2D eigenvalue weighted by Crippen LogP contribution is -2.20. The van der Waals surface area contributed by atoms with Gasteiger partial charge >= 0.3 is 0 Å². The first-order chi connectivity index (χ1) is 10.1. The monoisotopic (exact) mass is 316 g/mol. The maximum absolute atomic E-state index is 8.84. The second-order valence-electron chi connectivity index (χ2n) is 5.21. The molecule has 6 nitrogen and oxygen atoms in total. The molecular weight excluding hydrogens is 292 g/mol. The number of aliphatic hydroxyl groups is 2. The number of hydrogen-bond acceptors (Lipinski definition) is 6. The van der Waals surface area contributed by atoms with Crippen LogP contribution in [0.2, 0.25) is 5.02 Å². The summed E-state index contributed by atoms with van der Waals surface area (Å²) in [6.07, 6.45) is 4.73. The van der Waals surface area contributed by atoms with Gasteiger partial charge in [0, 0.05) is 25.3 Å². The first-order valence-electron chi connectivity index (χ1n) is 7.34. The van der Waals surface area contributed by atoms with Gasteiger partial charge in [0.05, 0.1) is 6.20 Å². The third-order valence-electron chi connectivity index (χ3n) is 3.09. The minimum Gasteiger partial charge on any atom is -0.396 e. The molecule has 7 heteroatoms. The molecule has 1 aromatic heterocycles. The van der Waals surface area contributed by atoms with Crippen LogP contribution in [0.4, 0.5) is 11.8 Å². The first-order valence-corrected chi connectivity index (χ1v) is 7.72. The molecule has 0 saturated heterocycles. The van der Waals surface area contributed by atoms with E-state index < -0.39 is 0 Å². The fourth-order valence-electron chi connectivity index (χ4n) is 1.93. The van der Waals surface area contributed by atoms with Crippen molar-refractivity contribution < 1.29 is 10.2 Å². The highest BCUT2D eigenvalue weighted by atomic mass is 35.5. The van der Waals surface area contributed by atoms with Gasteiger partial charge in [0.2, 0.25) is 5.95 Å². The average molecular weight is 317 g/mol. The normalized spacial score (nSPS) is 13.8. The van der Waals surface area contributed by atoms with Gasteiger partial charge in [-0.25, -0.2) is 4.98 Å². The number of aliphatic hydroxyl groups excluding tert-OH is 2. The van der Waals surface area contributed by atoms with Crippen LogP contribution in [0.1, 0.15) is 39.5 Å². The lowest BCUT2D eigenvalue weighted by molar-refractivity contribution is 0.282. The Bertz CT molecular complexity index is 420. The molecule has 0 aliphatic heterocycles. The number of anilines is 2. The van der Waals surface area contributed by atoms with E-state index in [2.05, 4.69) is 20.6 Å². The summed E-state index contributed by atoms with van der Waals surface area (Å²) >= 11 is 6.10. The highest BCUT2D eigenvalue weighted by Crippen LogP contribution is 2.21. The SMILES string of the molecule is CC(CCCO)Nc1ncc(Cl)c(NC(C)CCCO)n1. The predicted octanol–water partition coefficient (Wildman–Crippen LogP) is 2.28. The molecule has 120 valence electrons. The molecule has 1 heterocycles. The Morgan fingerprint density at radius 1 is 1.10 bits per heavy atom. The van der Waals surface area contributed by atoms with E-state index in [0.717, 1.165) is 25.7 Å². The Kier molecular flexibility index (Phi) is 8.34. The van der Waals surface area contributed by atoms with Crippen molar-refractivity contribution in [2.75, 3.05) is 23.8 Å². The van der Waals surface area contributed by atoms with Crippen LogP contribution in [-0.2, 0) is 0 Å². The minimum atomic E-state index is 0.171. The van der Waals surface area contributed by atoms with E-state index >= 15 is 0 Å². The molecule has 0 spiro atoms. The maximum Gasteiger partial charge on any atom is 0.224 e. The zero-order valence-corrected chi connectivity index (χ0v) is 13.4. The molecule has 0 aliphatic carbocycles. The van der Waals surface area contributed by atoms with E-state index in [-0.39, 0.29) is 25.3 Å².